The number of hydrogen-bond donors (Lipinski definition) is 3. The van der Waals surface area contributed by atoms with Gasteiger partial charge in [0.25, 0.3) is 0 Å². The number of ether oxygens (including phenoxy) is 4. The predicted molar refractivity (Wildman–Crippen MR) is 307 cm³/mol. The van der Waals surface area contributed by atoms with Crippen LogP contribution in [0.1, 0.15) is 233 Å². The van der Waals surface area contributed by atoms with E-state index in [2.05, 4.69) is 23.8 Å². The van der Waals surface area contributed by atoms with Crippen LogP contribution in [0.2, 0.25) is 0 Å². The minimum atomic E-state index is -1.15. The van der Waals surface area contributed by atoms with Crippen molar-refractivity contribution in [2.24, 2.45) is 5.92 Å². The third-order valence-corrected chi connectivity index (χ3v) is 14.6. The minimum Gasteiger partial charge on any atom is -0.507 e. The number of phenolic OH excluding ortho intramolecular Hbond substituents is 2. The Labute approximate surface area is 457 Å². The number of aromatic nitrogens is 3. The van der Waals surface area contributed by atoms with Gasteiger partial charge in [-0.05, 0) is 81.1 Å². The maximum Gasteiger partial charge on any atom is 0.347 e. The Bertz CT molecular complexity index is 2200. The Balaban J connectivity index is 1.31. The molecule has 12 nitrogen and oxygen atoms in total. The van der Waals surface area contributed by atoms with E-state index in [4.69, 9.17) is 23.9 Å². The summed E-state index contributed by atoms with van der Waals surface area (Å²) < 4.78 is 22.8. The molecule has 12 heteroatoms. The highest BCUT2D eigenvalue weighted by atomic mass is 16.6. The lowest BCUT2D eigenvalue weighted by atomic mass is 9.94. The number of hydrogen-bond acceptors (Lipinski definition) is 11. The van der Waals surface area contributed by atoms with Gasteiger partial charge in [0.1, 0.15) is 28.7 Å². The summed E-state index contributed by atoms with van der Waals surface area (Å²) in [7, 11) is 1.57. The summed E-state index contributed by atoms with van der Waals surface area (Å²) in [6.45, 7) is 7.99. The van der Waals surface area contributed by atoms with Crippen molar-refractivity contribution < 1.29 is 43.9 Å². The van der Waals surface area contributed by atoms with Crippen LogP contribution in [0.4, 0.5) is 0 Å². The van der Waals surface area contributed by atoms with Crippen molar-refractivity contribution in [3.05, 3.63) is 60.7 Å². The standard InChI is InChI=1S/C64H97N3O9/c1-6-8-10-12-14-16-18-20-22-23-25-27-29-31-33-35-37-51(36-34-32-30-28-26-24-21-19-17-15-13-11-9-7-2)48-74-64(72)50(4)76-55-43-45-57(59(69)47-55)62-66-60(52-38-40-53(73-5)41-39-52)65-61(67-62)56-44-42-54(46-58(56)68)75-49(3)63(70)71/h38-47,49-51,68-69H,6-37,48H2,1-5H3,(H,70,71). The Kier molecular flexibility index (Phi) is 31.7. The molecule has 0 saturated carbocycles. The molecule has 0 spiro atoms. The van der Waals surface area contributed by atoms with Crippen LogP contribution in [0.5, 0.6) is 28.7 Å². The lowest BCUT2D eigenvalue weighted by Gasteiger charge is -2.20. The fourth-order valence-electron chi connectivity index (χ4n) is 9.78. The number of phenols is 2. The maximum atomic E-state index is 13.5. The number of esters is 1. The fraction of sp³-hybridized carbons (Fsp3) is 0.641. The molecular formula is C64H97N3O9. The molecule has 4 rings (SSSR count). The van der Waals surface area contributed by atoms with Gasteiger partial charge < -0.3 is 34.3 Å². The van der Waals surface area contributed by atoms with Crippen LogP contribution in [0.25, 0.3) is 34.2 Å². The first-order chi connectivity index (χ1) is 37.0. The first-order valence-corrected chi connectivity index (χ1v) is 29.8. The highest BCUT2D eigenvalue weighted by Gasteiger charge is 2.22. The normalized spacial score (nSPS) is 12.5. The minimum absolute atomic E-state index is 0.0970. The Hall–Kier alpha value is -5.39. The van der Waals surface area contributed by atoms with E-state index < -0.39 is 24.1 Å². The number of rotatable bonds is 44. The van der Waals surface area contributed by atoms with Crippen molar-refractivity contribution in [3.8, 4) is 62.9 Å². The largest absolute Gasteiger partial charge is 0.507 e. The lowest BCUT2D eigenvalue weighted by Crippen LogP contribution is -2.28. The van der Waals surface area contributed by atoms with Crippen molar-refractivity contribution >= 4 is 11.9 Å². The summed E-state index contributed by atoms with van der Waals surface area (Å²) in [5.74, 6) is -0.197. The Morgan fingerprint density at radius 2 is 0.803 bits per heavy atom. The van der Waals surface area contributed by atoms with Crippen LogP contribution >= 0.6 is 0 Å². The number of carboxylic acid groups (broad SMARTS) is 1. The molecule has 0 radical (unpaired) electrons. The number of methoxy groups -OCH3 is 1. The average molecular weight is 1050 g/mol. The van der Waals surface area contributed by atoms with Crippen LogP contribution in [-0.4, -0.2) is 68.1 Å². The van der Waals surface area contributed by atoms with Crippen molar-refractivity contribution in [1.29, 1.82) is 0 Å². The zero-order valence-corrected chi connectivity index (χ0v) is 47.5. The molecule has 0 amide bonds. The number of aliphatic carboxylic acids is 1. The van der Waals surface area contributed by atoms with E-state index in [9.17, 15) is 24.9 Å². The van der Waals surface area contributed by atoms with Crippen LogP contribution < -0.4 is 14.2 Å². The average Bonchev–Trinajstić information content (AvgIpc) is 3.43. The van der Waals surface area contributed by atoms with Gasteiger partial charge >= 0.3 is 11.9 Å². The quantitative estimate of drug-likeness (QED) is 0.0283. The van der Waals surface area contributed by atoms with Crippen LogP contribution in [0.3, 0.4) is 0 Å². The van der Waals surface area contributed by atoms with Gasteiger partial charge in [-0.3, -0.25) is 0 Å². The highest BCUT2D eigenvalue weighted by molar-refractivity contribution is 5.76. The van der Waals surface area contributed by atoms with E-state index >= 15 is 0 Å². The molecule has 422 valence electrons. The number of nitrogens with zero attached hydrogens (tertiary/aromatic N) is 3. The van der Waals surface area contributed by atoms with E-state index in [1.54, 1.807) is 50.4 Å². The van der Waals surface area contributed by atoms with E-state index in [-0.39, 0.29) is 51.6 Å². The summed E-state index contributed by atoms with van der Waals surface area (Å²) in [5.41, 5.74) is 1.11. The lowest BCUT2D eigenvalue weighted by molar-refractivity contribution is -0.152. The first-order valence-electron chi connectivity index (χ1n) is 29.8. The predicted octanol–water partition coefficient (Wildman–Crippen LogP) is 17.6. The number of carbonyl (C=O) groups is 2. The van der Waals surface area contributed by atoms with Gasteiger partial charge in [-0.1, -0.05) is 206 Å². The second kappa shape index (κ2) is 38.2. The summed E-state index contributed by atoms with van der Waals surface area (Å²) in [5, 5.41) is 31.8. The topological polar surface area (TPSA) is 170 Å². The van der Waals surface area contributed by atoms with Gasteiger partial charge in [0.15, 0.2) is 29.7 Å². The second-order valence-corrected chi connectivity index (χ2v) is 21.2. The van der Waals surface area contributed by atoms with E-state index in [1.165, 1.54) is 211 Å². The van der Waals surface area contributed by atoms with Gasteiger partial charge in [-0.15, -0.1) is 0 Å². The summed E-state index contributed by atoms with van der Waals surface area (Å²) in [4.78, 5) is 38.8. The summed E-state index contributed by atoms with van der Waals surface area (Å²) in [6, 6.07) is 16.1. The maximum absolute atomic E-state index is 13.5. The third kappa shape index (κ3) is 25.2. The van der Waals surface area contributed by atoms with E-state index in [0.29, 0.717) is 23.8 Å². The highest BCUT2D eigenvalue weighted by Crippen LogP contribution is 2.36. The zero-order chi connectivity index (χ0) is 54.6. The van der Waals surface area contributed by atoms with Gasteiger partial charge in [-0.2, -0.15) is 0 Å². The van der Waals surface area contributed by atoms with Gasteiger partial charge in [0, 0.05) is 17.7 Å². The zero-order valence-electron chi connectivity index (χ0n) is 47.5. The third-order valence-electron chi connectivity index (χ3n) is 14.6. The number of carboxylic acids is 1. The number of benzene rings is 3. The smallest absolute Gasteiger partial charge is 0.347 e. The number of unbranched alkanes of at least 4 members (excludes halogenated alkanes) is 28. The number of aromatic hydroxyl groups is 2. The summed E-state index contributed by atoms with van der Waals surface area (Å²) >= 11 is 0. The van der Waals surface area contributed by atoms with Gasteiger partial charge in [0.2, 0.25) is 0 Å². The van der Waals surface area contributed by atoms with Crippen molar-refractivity contribution in [2.75, 3.05) is 13.7 Å². The van der Waals surface area contributed by atoms with Crippen LogP contribution in [0, 0.1) is 5.92 Å². The molecule has 4 aromatic rings. The first kappa shape index (κ1) is 63.1. The summed E-state index contributed by atoms with van der Waals surface area (Å²) in [6.07, 6.45) is 40.2. The van der Waals surface area contributed by atoms with Gasteiger partial charge in [-0.25, -0.2) is 24.5 Å². The van der Waals surface area contributed by atoms with Crippen molar-refractivity contribution in [3.63, 3.8) is 0 Å². The van der Waals surface area contributed by atoms with Crippen LogP contribution in [0.15, 0.2) is 60.7 Å². The number of carbonyl (C=O) groups excluding carboxylic acids is 1. The molecule has 3 atom stereocenters. The molecule has 3 aromatic carbocycles. The molecule has 3 unspecified atom stereocenters. The second-order valence-electron chi connectivity index (χ2n) is 21.2. The monoisotopic (exact) mass is 1050 g/mol. The molecule has 0 bridgehead atoms. The van der Waals surface area contributed by atoms with E-state index in [0.717, 1.165) is 25.7 Å². The molecular weight excluding hydrogens is 955 g/mol. The molecule has 0 aliphatic heterocycles. The molecule has 1 heterocycles. The molecule has 1 aromatic heterocycles. The molecule has 3 N–H and O–H groups in total. The SMILES string of the molecule is CCCCCCCCCCCCCCCCCCC(CCCCCCCCCCCCCCCC)COC(=O)C(C)Oc1ccc(-c2nc(-c3ccc(OC)cc3)nc(-c3ccc(OC(C)C(=O)O)cc3O)n2)c(O)c1. The molecule has 76 heavy (non-hydrogen) atoms. The molecule has 0 aliphatic carbocycles. The molecule has 0 fully saturated rings. The molecule has 0 saturated heterocycles. The van der Waals surface area contributed by atoms with Crippen LogP contribution in [-0.2, 0) is 14.3 Å². The molecule has 0 aliphatic rings. The van der Waals surface area contributed by atoms with Crippen molar-refractivity contribution in [2.45, 2.75) is 245 Å². The fourth-order valence-corrected chi connectivity index (χ4v) is 9.78. The van der Waals surface area contributed by atoms with Gasteiger partial charge in [0.05, 0.1) is 24.8 Å². The van der Waals surface area contributed by atoms with E-state index in [1.807, 2.05) is 0 Å². The Morgan fingerprint density at radius 3 is 1.16 bits per heavy atom. The Morgan fingerprint density at radius 1 is 0.461 bits per heavy atom. The van der Waals surface area contributed by atoms with Crippen molar-refractivity contribution in [1.82, 2.24) is 15.0 Å².